The summed E-state index contributed by atoms with van der Waals surface area (Å²) < 4.78 is 13.8. The minimum absolute atomic E-state index is 0.0627. The van der Waals surface area contributed by atoms with E-state index < -0.39 is 16.6 Å². The second kappa shape index (κ2) is 6.50. The summed E-state index contributed by atoms with van der Waals surface area (Å²) in [5, 5.41) is 13.1. The summed E-state index contributed by atoms with van der Waals surface area (Å²) in [5.41, 5.74) is -0.568. The van der Waals surface area contributed by atoms with Crippen LogP contribution in [0.15, 0.2) is 12.1 Å². The zero-order valence-corrected chi connectivity index (χ0v) is 10.6. The van der Waals surface area contributed by atoms with Gasteiger partial charge in [0.2, 0.25) is 0 Å². The van der Waals surface area contributed by atoms with Gasteiger partial charge in [-0.25, -0.2) is 4.39 Å². The molecule has 1 rings (SSSR count). The number of hydrogen-bond acceptors (Lipinski definition) is 3. The Hall–Kier alpha value is -2.42. The topological polar surface area (TPSA) is 72.2 Å². The van der Waals surface area contributed by atoms with Crippen LogP contribution in [0.3, 0.4) is 0 Å². The molecule has 0 aliphatic rings. The highest BCUT2D eigenvalue weighted by Gasteiger charge is 2.19. The van der Waals surface area contributed by atoms with Crippen LogP contribution in [0.25, 0.3) is 0 Å². The maximum atomic E-state index is 13.8. The fourth-order valence-corrected chi connectivity index (χ4v) is 1.48. The van der Waals surface area contributed by atoms with Gasteiger partial charge in [0.25, 0.3) is 11.6 Å². The highest BCUT2D eigenvalue weighted by molar-refractivity contribution is 5.95. The van der Waals surface area contributed by atoms with Gasteiger partial charge in [-0.1, -0.05) is 0 Å². The number of carbonyl (C=O) groups is 1. The van der Waals surface area contributed by atoms with Gasteiger partial charge in [-0.3, -0.25) is 14.9 Å². The Morgan fingerprint density at radius 3 is 2.79 bits per heavy atom. The third kappa shape index (κ3) is 3.78. The van der Waals surface area contributed by atoms with Crippen molar-refractivity contribution in [3.63, 3.8) is 0 Å². The van der Waals surface area contributed by atoms with Crippen LogP contribution in [0, 0.1) is 34.7 Å². The predicted octanol–water partition coefficient (Wildman–Crippen LogP) is 2.19. The lowest BCUT2D eigenvalue weighted by Crippen LogP contribution is -2.25. The molecule has 19 heavy (non-hydrogen) atoms. The number of hydrogen-bond donors (Lipinski definition) is 1. The van der Waals surface area contributed by atoms with Crippen LogP contribution < -0.4 is 5.32 Å². The smallest absolute Gasteiger partial charge is 0.270 e. The molecule has 1 aromatic carbocycles. The lowest BCUT2D eigenvalue weighted by Gasteiger charge is -2.06. The van der Waals surface area contributed by atoms with E-state index in [4.69, 9.17) is 0 Å². The van der Waals surface area contributed by atoms with E-state index in [1.165, 1.54) is 6.92 Å². The van der Waals surface area contributed by atoms with Crippen LogP contribution in [0.1, 0.15) is 29.3 Å². The molecule has 0 aliphatic heterocycles. The normalized spacial score (nSPS) is 9.42. The Balaban J connectivity index is 2.94. The highest BCUT2D eigenvalue weighted by Crippen LogP contribution is 2.20. The third-order valence-electron chi connectivity index (χ3n) is 2.41. The van der Waals surface area contributed by atoms with Crippen molar-refractivity contribution < 1.29 is 14.1 Å². The number of nitrogens with zero attached hydrogens (tertiary/aromatic N) is 1. The van der Waals surface area contributed by atoms with Crippen molar-refractivity contribution in [1.82, 2.24) is 5.32 Å². The summed E-state index contributed by atoms with van der Waals surface area (Å²) in [6.07, 6.45) is 0.442. The Kier molecular flexibility index (Phi) is 5.01. The highest BCUT2D eigenvalue weighted by atomic mass is 19.1. The summed E-state index contributed by atoms with van der Waals surface area (Å²) in [6, 6.07) is 2.03. The Bertz CT molecular complexity index is 573. The van der Waals surface area contributed by atoms with Gasteiger partial charge in [0.15, 0.2) is 0 Å². The lowest BCUT2D eigenvalue weighted by atomic mass is 10.1. The lowest BCUT2D eigenvalue weighted by molar-refractivity contribution is -0.385. The average Bonchev–Trinajstić information content (AvgIpc) is 2.37. The second-order valence-electron chi connectivity index (χ2n) is 3.81. The monoisotopic (exact) mass is 264 g/mol. The predicted molar refractivity (Wildman–Crippen MR) is 68.2 cm³/mol. The first-order chi connectivity index (χ1) is 8.97. The number of non-ortho nitro benzene ring substituents is 1. The van der Waals surface area contributed by atoms with Crippen molar-refractivity contribution in [2.45, 2.75) is 20.3 Å². The molecule has 5 nitrogen and oxygen atoms in total. The van der Waals surface area contributed by atoms with E-state index in [0.717, 1.165) is 12.1 Å². The first-order valence-electron chi connectivity index (χ1n) is 5.59. The van der Waals surface area contributed by atoms with Gasteiger partial charge in [-0.05, 0) is 19.4 Å². The van der Waals surface area contributed by atoms with Crippen molar-refractivity contribution in [3.8, 4) is 11.8 Å². The molecule has 100 valence electrons. The van der Waals surface area contributed by atoms with Crippen LogP contribution in [-0.2, 0) is 0 Å². The minimum Gasteiger partial charge on any atom is -0.351 e. The molecule has 0 unspecified atom stereocenters. The third-order valence-corrected chi connectivity index (χ3v) is 2.41. The minimum atomic E-state index is -0.746. The fourth-order valence-electron chi connectivity index (χ4n) is 1.48. The fraction of sp³-hybridized carbons (Fsp3) is 0.308. The van der Waals surface area contributed by atoms with Gasteiger partial charge in [-0.15, -0.1) is 11.8 Å². The van der Waals surface area contributed by atoms with Crippen LogP contribution in [0.2, 0.25) is 0 Å². The number of rotatable bonds is 4. The van der Waals surface area contributed by atoms with E-state index >= 15 is 0 Å². The van der Waals surface area contributed by atoms with Crippen LogP contribution in [0.5, 0.6) is 0 Å². The van der Waals surface area contributed by atoms with Crippen molar-refractivity contribution in [2.24, 2.45) is 0 Å². The molecular weight excluding hydrogens is 251 g/mol. The number of carbonyl (C=O) groups excluding carboxylic acids is 1. The van der Waals surface area contributed by atoms with E-state index in [1.807, 2.05) is 0 Å². The van der Waals surface area contributed by atoms with Crippen molar-refractivity contribution in [1.29, 1.82) is 0 Å². The van der Waals surface area contributed by atoms with Gasteiger partial charge in [-0.2, -0.15) is 0 Å². The van der Waals surface area contributed by atoms with Gasteiger partial charge in [0, 0.05) is 25.1 Å². The Labute approximate surface area is 110 Å². The van der Waals surface area contributed by atoms with Gasteiger partial charge >= 0.3 is 0 Å². The first-order valence-corrected chi connectivity index (χ1v) is 5.59. The molecule has 0 heterocycles. The van der Waals surface area contributed by atoms with Gasteiger partial charge in [0.05, 0.1) is 10.5 Å². The maximum absolute atomic E-state index is 13.8. The second-order valence-corrected chi connectivity index (χ2v) is 3.81. The molecule has 1 aromatic rings. The van der Waals surface area contributed by atoms with E-state index in [-0.39, 0.29) is 23.4 Å². The number of aryl methyl sites for hydroxylation is 1. The largest absolute Gasteiger partial charge is 0.351 e. The molecule has 1 amide bonds. The summed E-state index contributed by atoms with van der Waals surface area (Å²) in [7, 11) is 0. The van der Waals surface area contributed by atoms with E-state index in [1.54, 1.807) is 6.92 Å². The van der Waals surface area contributed by atoms with E-state index in [2.05, 4.69) is 17.2 Å². The standard InChI is InChI=1S/C13H13FN2O3/c1-3-4-5-6-15-13(17)11-8-10(16(18)19)7-9(2)12(11)14/h7-8H,5-6H2,1-2H3,(H,15,17). The molecular formula is C13H13FN2O3. The van der Waals surface area contributed by atoms with Crippen molar-refractivity contribution >= 4 is 11.6 Å². The zero-order valence-electron chi connectivity index (χ0n) is 10.6. The molecule has 0 aromatic heterocycles. The molecule has 0 radical (unpaired) electrons. The van der Waals surface area contributed by atoms with Crippen LogP contribution >= 0.6 is 0 Å². The molecule has 0 saturated heterocycles. The van der Waals surface area contributed by atoms with Crippen molar-refractivity contribution in [3.05, 3.63) is 39.2 Å². The number of halogens is 1. The van der Waals surface area contributed by atoms with Gasteiger partial charge < -0.3 is 5.32 Å². The Morgan fingerprint density at radius 2 is 2.21 bits per heavy atom. The number of nitrogens with one attached hydrogen (secondary N) is 1. The van der Waals surface area contributed by atoms with Crippen LogP contribution in [-0.4, -0.2) is 17.4 Å². The molecule has 0 fully saturated rings. The molecule has 0 saturated carbocycles. The molecule has 6 heteroatoms. The average molecular weight is 264 g/mol. The molecule has 0 aliphatic carbocycles. The summed E-state index contributed by atoms with van der Waals surface area (Å²) in [5.74, 6) is 3.98. The molecule has 0 spiro atoms. The maximum Gasteiger partial charge on any atom is 0.270 e. The van der Waals surface area contributed by atoms with E-state index in [9.17, 15) is 19.3 Å². The zero-order chi connectivity index (χ0) is 14.4. The molecule has 0 bridgehead atoms. The number of nitro groups is 1. The Morgan fingerprint density at radius 1 is 1.53 bits per heavy atom. The first kappa shape index (κ1) is 14.6. The quantitative estimate of drug-likeness (QED) is 0.392. The van der Waals surface area contributed by atoms with Crippen LogP contribution in [0.4, 0.5) is 10.1 Å². The van der Waals surface area contributed by atoms with Gasteiger partial charge in [0.1, 0.15) is 5.82 Å². The van der Waals surface area contributed by atoms with E-state index in [0.29, 0.717) is 6.42 Å². The molecule has 0 atom stereocenters. The summed E-state index contributed by atoms with van der Waals surface area (Å²) >= 11 is 0. The SMILES string of the molecule is CC#CCCNC(=O)c1cc([N+](=O)[O-])cc(C)c1F. The number of nitro benzene ring substituents is 1. The molecule has 1 N–H and O–H groups in total. The number of benzene rings is 1. The summed E-state index contributed by atoms with van der Waals surface area (Å²) in [6.45, 7) is 3.31. The summed E-state index contributed by atoms with van der Waals surface area (Å²) in [4.78, 5) is 21.7. The number of amides is 1. The van der Waals surface area contributed by atoms with Crippen molar-refractivity contribution in [2.75, 3.05) is 6.54 Å².